The Hall–Kier alpha value is -2.04. The van der Waals surface area contributed by atoms with Crippen LogP contribution in [0.2, 0.25) is 0 Å². The van der Waals surface area contributed by atoms with Gasteiger partial charge in [0.15, 0.2) is 0 Å². The summed E-state index contributed by atoms with van der Waals surface area (Å²) in [5.74, 6) is -0.617. The van der Waals surface area contributed by atoms with Crippen LogP contribution in [0.5, 0.6) is 0 Å². The second kappa shape index (κ2) is 5.89. The molecule has 5 heteroatoms. The first-order valence-corrected chi connectivity index (χ1v) is 5.29. The summed E-state index contributed by atoms with van der Waals surface area (Å²) in [5, 5.41) is 0. The molecule has 17 heavy (non-hydrogen) atoms. The lowest BCUT2D eigenvalue weighted by molar-refractivity contribution is 0.0526. The van der Waals surface area contributed by atoms with Crippen LogP contribution in [0.4, 0.5) is 0 Å². The number of ether oxygens (including phenoxy) is 1. The fraction of sp³-hybridized carbons (Fsp3) is 0.333. The van der Waals surface area contributed by atoms with Crippen molar-refractivity contribution in [3.63, 3.8) is 0 Å². The van der Waals surface area contributed by atoms with Gasteiger partial charge in [-0.25, -0.2) is 4.79 Å². The van der Waals surface area contributed by atoms with E-state index in [1.165, 1.54) is 18.3 Å². The first-order chi connectivity index (χ1) is 8.04. The van der Waals surface area contributed by atoms with E-state index < -0.39 is 5.97 Å². The minimum Gasteiger partial charge on any atom is -0.462 e. The van der Waals surface area contributed by atoms with Crippen LogP contribution in [-0.2, 0) is 4.74 Å². The third-order valence-electron chi connectivity index (χ3n) is 1.98. The molecule has 0 atom stereocenters. The Morgan fingerprint density at radius 1 is 1.47 bits per heavy atom. The lowest BCUT2D eigenvalue weighted by Crippen LogP contribution is -2.04. The number of nitrogens with zero attached hydrogens (tertiary/aromatic N) is 1. The van der Waals surface area contributed by atoms with Crippen LogP contribution < -0.4 is 0 Å². The van der Waals surface area contributed by atoms with E-state index in [1.54, 1.807) is 18.0 Å². The predicted octanol–water partition coefficient (Wildman–Crippen LogP) is 1.45. The van der Waals surface area contributed by atoms with Crippen molar-refractivity contribution in [1.82, 2.24) is 9.88 Å². The number of rotatable bonds is 5. The molecule has 0 radical (unpaired) electrons. The van der Waals surface area contributed by atoms with E-state index in [9.17, 15) is 9.59 Å². The molecule has 1 aromatic heterocycles. The van der Waals surface area contributed by atoms with E-state index in [-0.39, 0.29) is 5.78 Å². The van der Waals surface area contributed by atoms with Crippen LogP contribution in [0.15, 0.2) is 24.5 Å². The molecule has 0 spiro atoms. The maximum atomic E-state index is 11.6. The number of nitrogens with one attached hydrogen (secondary N) is 1. The average molecular weight is 236 g/mol. The summed E-state index contributed by atoms with van der Waals surface area (Å²) in [6.07, 6.45) is 4.54. The summed E-state index contributed by atoms with van der Waals surface area (Å²) < 4.78 is 4.82. The number of hydrogen-bond acceptors (Lipinski definition) is 4. The second-order valence-corrected chi connectivity index (χ2v) is 3.67. The van der Waals surface area contributed by atoms with Gasteiger partial charge in [-0.1, -0.05) is 0 Å². The van der Waals surface area contributed by atoms with Crippen LogP contribution in [0.3, 0.4) is 0 Å². The smallest absolute Gasteiger partial charge is 0.339 e. The number of carbonyl (C=O) groups excluding carboxylic acids is 2. The van der Waals surface area contributed by atoms with Gasteiger partial charge in [-0.15, -0.1) is 0 Å². The van der Waals surface area contributed by atoms with Crippen molar-refractivity contribution in [3.8, 4) is 0 Å². The minimum absolute atomic E-state index is 0.186. The van der Waals surface area contributed by atoms with Gasteiger partial charge >= 0.3 is 5.97 Å². The molecule has 0 aliphatic heterocycles. The van der Waals surface area contributed by atoms with Crippen molar-refractivity contribution in [2.45, 2.75) is 6.92 Å². The molecule has 0 aliphatic rings. The van der Waals surface area contributed by atoms with Gasteiger partial charge in [0.25, 0.3) is 0 Å². The van der Waals surface area contributed by atoms with Gasteiger partial charge in [0, 0.05) is 32.6 Å². The van der Waals surface area contributed by atoms with E-state index in [4.69, 9.17) is 4.74 Å². The van der Waals surface area contributed by atoms with E-state index in [2.05, 4.69) is 4.98 Å². The maximum Gasteiger partial charge on any atom is 0.339 e. The minimum atomic E-state index is -0.431. The highest BCUT2D eigenvalue weighted by atomic mass is 16.5. The molecule has 1 aromatic rings. The Labute approximate surface area is 100 Å². The van der Waals surface area contributed by atoms with Crippen LogP contribution in [0.25, 0.3) is 0 Å². The maximum absolute atomic E-state index is 11.6. The normalized spacial score (nSPS) is 10.5. The lowest BCUT2D eigenvalue weighted by Gasteiger charge is -2.01. The fourth-order valence-corrected chi connectivity index (χ4v) is 1.18. The van der Waals surface area contributed by atoms with E-state index >= 15 is 0 Å². The van der Waals surface area contributed by atoms with Crippen LogP contribution in [-0.4, -0.2) is 42.3 Å². The largest absolute Gasteiger partial charge is 0.462 e. The molecule has 0 bridgehead atoms. The highest BCUT2D eigenvalue weighted by Gasteiger charge is 2.11. The molecular formula is C12H16N2O3. The van der Waals surface area contributed by atoms with Gasteiger partial charge in [0.1, 0.15) is 0 Å². The molecule has 0 amide bonds. The van der Waals surface area contributed by atoms with Crippen molar-refractivity contribution in [2.75, 3.05) is 20.7 Å². The lowest BCUT2D eigenvalue weighted by atomic mass is 10.2. The highest BCUT2D eigenvalue weighted by molar-refractivity contribution is 6.04. The van der Waals surface area contributed by atoms with Gasteiger partial charge in [-0.05, 0) is 13.0 Å². The summed E-state index contributed by atoms with van der Waals surface area (Å²) in [6.45, 7) is 2.05. The molecular weight excluding hydrogens is 220 g/mol. The van der Waals surface area contributed by atoms with Gasteiger partial charge in [-0.2, -0.15) is 0 Å². The summed E-state index contributed by atoms with van der Waals surface area (Å²) in [4.78, 5) is 27.5. The first kappa shape index (κ1) is 13.0. The van der Waals surface area contributed by atoms with E-state index in [0.29, 0.717) is 17.9 Å². The van der Waals surface area contributed by atoms with Gasteiger partial charge in [0.2, 0.25) is 5.78 Å². The molecule has 1 heterocycles. The van der Waals surface area contributed by atoms with Gasteiger partial charge in [0.05, 0.1) is 17.9 Å². The van der Waals surface area contributed by atoms with Crippen LogP contribution >= 0.6 is 0 Å². The van der Waals surface area contributed by atoms with Crippen LogP contribution in [0, 0.1) is 0 Å². The molecule has 1 rings (SSSR count). The summed E-state index contributed by atoms with van der Waals surface area (Å²) in [5.41, 5.74) is 0.722. The zero-order chi connectivity index (χ0) is 12.8. The molecule has 0 aromatic carbocycles. The Morgan fingerprint density at radius 2 is 2.18 bits per heavy atom. The number of H-pyrrole nitrogens is 1. The summed E-state index contributed by atoms with van der Waals surface area (Å²) >= 11 is 0. The quantitative estimate of drug-likeness (QED) is 0.477. The standard InChI is InChI=1S/C12H16N2O3/c1-4-17-12(16)9-7-10(13-8-9)11(15)5-6-14(2)3/h5-8,13H,4H2,1-3H3. The fourth-order valence-electron chi connectivity index (χ4n) is 1.18. The molecule has 5 nitrogen and oxygen atoms in total. The molecule has 0 unspecified atom stereocenters. The van der Waals surface area contributed by atoms with Crippen molar-refractivity contribution < 1.29 is 14.3 Å². The predicted molar refractivity (Wildman–Crippen MR) is 63.9 cm³/mol. The average Bonchev–Trinajstić information content (AvgIpc) is 2.75. The number of aromatic amines is 1. The second-order valence-electron chi connectivity index (χ2n) is 3.67. The van der Waals surface area contributed by atoms with Crippen molar-refractivity contribution in [3.05, 3.63) is 35.8 Å². The number of allylic oxidation sites excluding steroid dienone is 1. The molecule has 0 fully saturated rings. The number of aromatic nitrogens is 1. The number of hydrogen-bond donors (Lipinski definition) is 1. The topological polar surface area (TPSA) is 62.4 Å². The Balaban J connectivity index is 2.74. The number of carbonyl (C=O) groups is 2. The molecule has 92 valence electrons. The zero-order valence-electron chi connectivity index (χ0n) is 10.2. The highest BCUT2D eigenvalue weighted by Crippen LogP contribution is 2.06. The summed E-state index contributed by atoms with van der Waals surface area (Å²) in [6, 6.07) is 1.49. The first-order valence-electron chi connectivity index (χ1n) is 5.29. The van der Waals surface area contributed by atoms with Gasteiger partial charge in [-0.3, -0.25) is 4.79 Å². The van der Waals surface area contributed by atoms with Crippen LogP contribution in [0.1, 0.15) is 27.8 Å². The van der Waals surface area contributed by atoms with E-state index in [0.717, 1.165) is 0 Å². The van der Waals surface area contributed by atoms with E-state index in [1.807, 2.05) is 14.1 Å². The molecule has 0 saturated heterocycles. The number of esters is 1. The van der Waals surface area contributed by atoms with Crippen molar-refractivity contribution in [2.24, 2.45) is 0 Å². The third-order valence-corrected chi connectivity index (χ3v) is 1.98. The Kier molecular flexibility index (Phi) is 4.51. The summed E-state index contributed by atoms with van der Waals surface area (Å²) in [7, 11) is 3.64. The number of ketones is 1. The third kappa shape index (κ3) is 3.79. The Bertz CT molecular complexity index is 433. The molecule has 0 saturated carbocycles. The molecule has 1 N–H and O–H groups in total. The van der Waals surface area contributed by atoms with Gasteiger partial charge < -0.3 is 14.6 Å². The van der Waals surface area contributed by atoms with Crippen molar-refractivity contribution >= 4 is 11.8 Å². The monoisotopic (exact) mass is 236 g/mol. The van der Waals surface area contributed by atoms with Crippen molar-refractivity contribution in [1.29, 1.82) is 0 Å². The SMILES string of the molecule is CCOC(=O)c1c[nH]c(C(=O)C=CN(C)C)c1. The molecule has 0 aliphatic carbocycles. The Morgan fingerprint density at radius 3 is 2.76 bits per heavy atom. The zero-order valence-corrected chi connectivity index (χ0v) is 10.2.